The van der Waals surface area contributed by atoms with E-state index in [1.165, 1.54) is 0 Å². The van der Waals surface area contributed by atoms with Crippen molar-refractivity contribution < 1.29 is 14.1 Å². The minimum Gasteiger partial charge on any atom is -0.444 e. The summed E-state index contributed by atoms with van der Waals surface area (Å²) in [5.41, 5.74) is -0.519. The second kappa shape index (κ2) is 11.4. The Balaban J connectivity index is 2.67. The summed E-state index contributed by atoms with van der Waals surface area (Å²) >= 11 is 0. The summed E-state index contributed by atoms with van der Waals surface area (Å²) in [6.45, 7) is 12.9. The van der Waals surface area contributed by atoms with Crippen LogP contribution >= 0.6 is 0 Å². The number of unbranched alkanes of at least 4 members (excludes halogenated alkanes) is 1. The normalized spacial score (nSPS) is 13.2. The van der Waals surface area contributed by atoms with Crippen LogP contribution in [-0.4, -0.2) is 46.9 Å². The number of guanidine groups is 1. The van der Waals surface area contributed by atoms with Gasteiger partial charge >= 0.3 is 6.09 Å². The van der Waals surface area contributed by atoms with Crippen LogP contribution in [0.1, 0.15) is 65.6 Å². The molecule has 9 nitrogen and oxygen atoms in total. The van der Waals surface area contributed by atoms with Crippen molar-refractivity contribution in [3.8, 4) is 0 Å². The Morgan fingerprint density at radius 2 is 2.04 bits per heavy atom. The summed E-state index contributed by atoms with van der Waals surface area (Å²) in [6.07, 6.45) is 2.58. The van der Waals surface area contributed by atoms with Crippen LogP contribution in [0.25, 0.3) is 0 Å². The first-order valence-electron chi connectivity index (χ1n) is 9.54. The molecule has 0 saturated heterocycles. The second-order valence-corrected chi connectivity index (χ2v) is 7.30. The van der Waals surface area contributed by atoms with Gasteiger partial charge in [-0.1, -0.05) is 24.9 Å². The Hall–Kier alpha value is -2.32. The van der Waals surface area contributed by atoms with Gasteiger partial charge in [-0.2, -0.15) is 4.98 Å². The number of hydrogen-bond acceptors (Lipinski definition) is 6. The van der Waals surface area contributed by atoms with Crippen LogP contribution in [0.15, 0.2) is 9.52 Å². The molecule has 0 aliphatic carbocycles. The van der Waals surface area contributed by atoms with Crippen molar-refractivity contribution in [2.75, 3.05) is 13.1 Å². The van der Waals surface area contributed by atoms with E-state index in [1.807, 2.05) is 27.7 Å². The molecule has 0 aliphatic rings. The number of alkyl carbamates (subject to hydrolysis) is 1. The van der Waals surface area contributed by atoms with Gasteiger partial charge in [-0.3, -0.25) is 0 Å². The fourth-order valence-electron chi connectivity index (χ4n) is 2.26. The predicted molar refractivity (Wildman–Crippen MR) is 105 cm³/mol. The summed E-state index contributed by atoms with van der Waals surface area (Å²) in [5, 5.41) is 13.1. The lowest BCUT2D eigenvalue weighted by molar-refractivity contribution is 0.0523. The van der Waals surface area contributed by atoms with Gasteiger partial charge in [0.05, 0.1) is 0 Å². The predicted octanol–water partition coefficient (Wildman–Crippen LogP) is 2.52. The summed E-state index contributed by atoms with van der Waals surface area (Å²) < 4.78 is 10.4. The summed E-state index contributed by atoms with van der Waals surface area (Å²) in [5.74, 6) is 1.68. The zero-order valence-electron chi connectivity index (χ0n) is 17.4. The van der Waals surface area contributed by atoms with Crippen LogP contribution < -0.4 is 16.0 Å². The van der Waals surface area contributed by atoms with Crippen molar-refractivity contribution in [2.24, 2.45) is 4.99 Å². The Kier molecular flexibility index (Phi) is 9.60. The number of nitrogens with zero attached hydrogens (tertiary/aromatic N) is 3. The van der Waals surface area contributed by atoms with Crippen LogP contribution in [0.5, 0.6) is 0 Å². The quantitative estimate of drug-likeness (QED) is 0.444. The fourth-order valence-corrected chi connectivity index (χ4v) is 2.26. The molecule has 0 bridgehead atoms. The summed E-state index contributed by atoms with van der Waals surface area (Å²) in [6, 6.07) is 0.0275. The molecule has 0 fully saturated rings. The topological polar surface area (TPSA) is 114 Å². The number of amides is 1. The number of aliphatic imine (C=N–C) groups is 1. The molecule has 0 saturated carbocycles. The van der Waals surface area contributed by atoms with Crippen molar-refractivity contribution in [1.82, 2.24) is 26.1 Å². The third-order valence-corrected chi connectivity index (χ3v) is 3.42. The maximum Gasteiger partial charge on any atom is 0.407 e. The molecule has 1 rings (SSSR count). The molecular formula is C18H34N6O3. The van der Waals surface area contributed by atoms with E-state index in [9.17, 15) is 4.79 Å². The van der Waals surface area contributed by atoms with E-state index in [2.05, 4.69) is 38.0 Å². The van der Waals surface area contributed by atoms with E-state index in [4.69, 9.17) is 9.26 Å². The number of aryl methyl sites for hydroxylation is 1. The fraction of sp³-hybridized carbons (Fsp3) is 0.778. The molecule has 1 amide bonds. The van der Waals surface area contributed by atoms with E-state index < -0.39 is 11.7 Å². The Morgan fingerprint density at radius 1 is 1.30 bits per heavy atom. The highest BCUT2D eigenvalue weighted by Gasteiger charge is 2.18. The highest BCUT2D eigenvalue weighted by atomic mass is 16.6. The number of nitrogens with one attached hydrogen (secondary N) is 3. The third kappa shape index (κ3) is 10.4. The van der Waals surface area contributed by atoms with Crippen LogP contribution in [-0.2, 0) is 11.3 Å². The highest BCUT2D eigenvalue weighted by Crippen LogP contribution is 2.07. The molecule has 1 atom stereocenters. The number of aromatic nitrogens is 2. The Labute approximate surface area is 161 Å². The number of carbonyl (C=O) groups excluding carboxylic acids is 1. The van der Waals surface area contributed by atoms with Crippen LogP contribution in [0.2, 0.25) is 0 Å². The number of ether oxygens (including phenoxy) is 1. The molecule has 0 aromatic carbocycles. The molecule has 1 aromatic rings. The first kappa shape index (κ1) is 22.7. The van der Waals surface area contributed by atoms with Crippen molar-refractivity contribution in [2.45, 2.75) is 79.0 Å². The van der Waals surface area contributed by atoms with Crippen molar-refractivity contribution in [3.05, 3.63) is 11.7 Å². The standard InChI is InChI=1S/C18H34N6O3/c1-7-9-10-14(11-21-17(25)26-18(4,5)6)23-16(19-8-2)20-12-15-22-13(3)24-27-15/h14H,7-12H2,1-6H3,(H,21,25)(H2,19,20,23). The minimum atomic E-state index is -0.519. The summed E-state index contributed by atoms with van der Waals surface area (Å²) in [7, 11) is 0. The first-order valence-corrected chi connectivity index (χ1v) is 9.54. The molecule has 0 aliphatic heterocycles. The molecule has 3 N–H and O–H groups in total. The molecule has 9 heteroatoms. The lowest BCUT2D eigenvalue weighted by Gasteiger charge is -2.24. The second-order valence-electron chi connectivity index (χ2n) is 7.30. The van der Waals surface area contributed by atoms with Crippen molar-refractivity contribution in [3.63, 3.8) is 0 Å². The van der Waals surface area contributed by atoms with E-state index in [1.54, 1.807) is 6.92 Å². The average molecular weight is 383 g/mol. The average Bonchev–Trinajstić information content (AvgIpc) is 2.99. The molecule has 1 heterocycles. The molecule has 1 unspecified atom stereocenters. The van der Waals surface area contributed by atoms with E-state index in [0.717, 1.165) is 19.3 Å². The SMILES string of the molecule is CCCCC(CNC(=O)OC(C)(C)C)NC(=NCc1nc(C)no1)NCC. The molecule has 0 spiro atoms. The molecule has 27 heavy (non-hydrogen) atoms. The van der Waals surface area contributed by atoms with Gasteiger partial charge in [-0.05, 0) is 41.0 Å². The van der Waals surface area contributed by atoms with Gasteiger partial charge < -0.3 is 25.2 Å². The maximum absolute atomic E-state index is 11.9. The Morgan fingerprint density at radius 3 is 2.59 bits per heavy atom. The van der Waals surface area contributed by atoms with Crippen LogP contribution in [0, 0.1) is 6.92 Å². The summed E-state index contributed by atoms with van der Waals surface area (Å²) in [4.78, 5) is 20.6. The van der Waals surface area contributed by atoms with Crippen molar-refractivity contribution >= 4 is 12.1 Å². The van der Waals surface area contributed by atoms with Gasteiger partial charge in [0.2, 0.25) is 5.89 Å². The van der Waals surface area contributed by atoms with E-state index in [0.29, 0.717) is 30.8 Å². The van der Waals surface area contributed by atoms with E-state index in [-0.39, 0.29) is 12.6 Å². The molecule has 1 aromatic heterocycles. The zero-order chi connectivity index (χ0) is 20.3. The number of carbonyl (C=O) groups is 1. The monoisotopic (exact) mass is 382 g/mol. The van der Waals surface area contributed by atoms with Gasteiger partial charge in [0.1, 0.15) is 12.1 Å². The molecule has 154 valence electrons. The number of rotatable bonds is 9. The lowest BCUT2D eigenvalue weighted by atomic mass is 10.1. The van der Waals surface area contributed by atoms with Crippen molar-refractivity contribution in [1.29, 1.82) is 0 Å². The Bertz CT molecular complexity index is 594. The van der Waals surface area contributed by atoms with Crippen LogP contribution in [0.4, 0.5) is 4.79 Å². The smallest absolute Gasteiger partial charge is 0.407 e. The third-order valence-electron chi connectivity index (χ3n) is 3.42. The zero-order valence-corrected chi connectivity index (χ0v) is 17.4. The highest BCUT2D eigenvalue weighted by molar-refractivity contribution is 5.80. The van der Waals surface area contributed by atoms with E-state index >= 15 is 0 Å². The van der Waals surface area contributed by atoms with Gasteiger partial charge in [-0.15, -0.1) is 0 Å². The largest absolute Gasteiger partial charge is 0.444 e. The number of hydrogen-bond donors (Lipinski definition) is 3. The minimum absolute atomic E-state index is 0.0275. The van der Waals surface area contributed by atoms with Gasteiger partial charge in [0, 0.05) is 19.1 Å². The lowest BCUT2D eigenvalue weighted by Crippen LogP contribution is -2.49. The molecule has 0 radical (unpaired) electrons. The van der Waals surface area contributed by atoms with Gasteiger partial charge in [0.15, 0.2) is 11.8 Å². The molecular weight excluding hydrogens is 348 g/mol. The maximum atomic E-state index is 11.9. The van der Waals surface area contributed by atoms with Crippen LogP contribution in [0.3, 0.4) is 0 Å². The van der Waals surface area contributed by atoms with Gasteiger partial charge in [0.25, 0.3) is 0 Å². The van der Waals surface area contributed by atoms with Gasteiger partial charge in [-0.25, -0.2) is 9.79 Å². The first-order chi connectivity index (χ1) is 12.7.